The van der Waals surface area contributed by atoms with E-state index in [2.05, 4.69) is 5.32 Å². The van der Waals surface area contributed by atoms with Gasteiger partial charge in [0.2, 0.25) is 0 Å². The minimum atomic E-state index is -0.551. The lowest BCUT2D eigenvalue weighted by molar-refractivity contribution is -0.150. The van der Waals surface area contributed by atoms with Gasteiger partial charge < -0.3 is 10.1 Å². The number of anilines is 1. The summed E-state index contributed by atoms with van der Waals surface area (Å²) in [6, 6.07) is 17.1. The molecule has 2 aromatic rings. The normalized spacial score (nSPS) is 14.8. The number of carbonyl (C=O) groups is 2. The van der Waals surface area contributed by atoms with Crippen molar-refractivity contribution in [2.24, 2.45) is 0 Å². The summed E-state index contributed by atoms with van der Waals surface area (Å²) in [7, 11) is 0. The smallest absolute Gasteiger partial charge is 0.317 e. The maximum absolute atomic E-state index is 12.3. The summed E-state index contributed by atoms with van der Waals surface area (Å²) in [5.41, 5.74) is 2.17. The second-order valence-corrected chi connectivity index (χ2v) is 5.94. The van der Waals surface area contributed by atoms with Crippen LogP contribution >= 0.6 is 0 Å². The number of carbonyl (C=O) groups excluding carboxylic acids is 2. The van der Waals surface area contributed by atoms with Crippen molar-refractivity contribution in [3.63, 3.8) is 0 Å². The third kappa shape index (κ3) is 3.42. The van der Waals surface area contributed by atoms with Gasteiger partial charge in [0.15, 0.2) is 6.61 Å². The first-order valence-electron chi connectivity index (χ1n) is 7.69. The second kappa shape index (κ2) is 6.24. The van der Waals surface area contributed by atoms with E-state index >= 15 is 0 Å². The highest BCUT2D eigenvalue weighted by Gasteiger charge is 2.52. The average molecular weight is 309 g/mol. The quantitative estimate of drug-likeness (QED) is 0.863. The number of benzene rings is 2. The fraction of sp³-hybridized carbons (Fsp3) is 0.263. The van der Waals surface area contributed by atoms with Gasteiger partial charge >= 0.3 is 5.97 Å². The van der Waals surface area contributed by atoms with Crippen molar-refractivity contribution in [1.82, 2.24) is 0 Å². The summed E-state index contributed by atoms with van der Waals surface area (Å²) < 4.78 is 5.24. The van der Waals surface area contributed by atoms with Gasteiger partial charge in [-0.2, -0.15) is 0 Å². The molecule has 3 rings (SSSR count). The molecular weight excluding hydrogens is 290 g/mol. The zero-order chi connectivity index (χ0) is 16.3. The van der Waals surface area contributed by atoms with Crippen LogP contribution < -0.4 is 5.32 Å². The molecule has 1 amide bonds. The molecule has 2 aromatic carbocycles. The maximum atomic E-state index is 12.3. The van der Waals surface area contributed by atoms with Crippen LogP contribution in [-0.2, 0) is 19.7 Å². The Bertz CT molecular complexity index is 720. The van der Waals surface area contributed by atoms with Crippen LogP contribution in [0.4, 0.5) is 5.69 Å². The summed E-state index contributed by atoms with van der Waals surface area (Å²) in [6.45, 7) is 1.69. The lowest BCUT2D eigenvalue weighted by atomic mass is 9.96. The van der Waals surface area contributed by atoms with E-state index in [-0.39, 0.29) is 18.5 Å². The van der Waals surface area contributed by atoms with Gasteiger partial charge in [-0.05, 0) is 43.0 Å². The van der Waals surface area contributed by atoms with E-state index in [1.807, 2.05) is 55.5 Å². The van der Waals surface area contributed by atoms with Crippen LogP contribution in [0.2, 0.25) is 0 Å². The van der Waals surface area contributed by atoms with E-state index in [1.165, 1.54) is 0 Å². The summed E-state index contributed by atoms with van der Waals surface area (Å²) in [5, 5.41) is 2.73. The Labute approximate surface area is 135 Å². The molecule has 0 unspecified atom stereocenters. The third-order valence-electron chi connectivity index (χ3n) is 4.10. The first-order valence-corrected chi connectivity index (χ1v) is 7.69. The van der Waals surface area contributed by atoms with Crippen LogP contribution in [0, 0.1) is 6.92 Å². The number of nitrogens with one attached hydrogen (secondary N) is 1. The largest absolute Gasteiger partial charge is 0.455 e. The Morgan fingerprint density at radius 2 is 1.83 bits per heavy atom. The molecule has 1 N–H and O–H groups in total. The van der Waals surface area contributed by atoms with Crippen LogP contribution in [0.15, 0.2) is 54.6 Å². The molecule has 4 nitrogen and oxygen atoms in total. The lowest BCUT2D eigenvalue weighted by Gasteiger charge is -2.14. The molecule has 118 valence electrons. The van der Waals surface area contributed by atoms with E-state index in [9.17, 15) is 9.59 Å². The van der Waals surface area contributed by atoms with E-state index in [0.29, 0.717) is 5.69 Å². The fourth-order valence-corrected chi connectivity index (χ4v) is 2.68. The summed E-state index contributed by atoms with van der Waals surface area (Å²) in [5.74, 6) is -0.643. The van der Waals surface area contributed by atoms with Crippen molar-refractivity contribution >= 4 is 17.6 Å². The van der Waals surface area contributed by atoms with Crippen molar-refractivity contribution < 1.29 is 14.3 Å². The monoisotopic (exact) mass is 309 g/mol. The molecule has 1 aliphatic rings. The Kier molecular flexibility index (Phi) is 4.15. The molecule has 1 aliphatic carbocycles. The molecule has 0 heterocycles. The first-order chi connectivity index (χ1) is 11.1. The molecule has 0 radical (unpaired) electrons. The van der Waals surface area contributed by atoms with Crippen LogP contribution in [0.1, 0.15) is 24.0 Å². The molecule has 0 atom stereocenters. The Morgan fingerprint density at radius 3 is 2.48 bits per heavy atom. The van der Waals surface area contributed by atoms with Gasteiger partial charge in [-0.25, -0.2) is 0 Å². The molecule has 0 aliphatic heterocycles. The second-order valence-electron chi connectivity index (χ2n) is 5.94. The highest BCUT2D eigenvalue weighted by molar-refractivity contribution is 5.94. The van der Waals surface area contributed by atoms with Crippen molar-refractivity contribution in [2.45, 2.75) is 25.2 Å². The van der Waals surface area contributed by atoms with Crippen LogP contribution in [-0.4, -0.2) is 18.5 Å². The Morgan fingerprint density at radius 1 is 1.09 bits per heavy atom. The van der Waals surface area contributed by atoms with Crippen LogP contribution in [0.25, 0.3) is 0 Å². The van der Waals surface area contributed by atoms with Crippen molar-refractivity contribution in [3.05, 3.63) is 65.7 Å². The van der Waals surface area contributed by atoms with E-state index < -0.39 is 5.41 Å². The van der Waals surface area contributed by atoms with Crippen LogP contribution in [0.3, 0.4) is 0 Å². The number of hydrogen-bond acceptors (Lipinski definition) is 3. The number of esters is 1. The minimum absolute atomic E-state index is 0.263. The fourth-order valence-electron chi connectivity index (χ4n) is 2.68. The number of amides is 1. The molecule has 1 saturated carbocycles. The van der Waals surface area contributed by atoms with Crippen molar-refractivity contribution in [2.75, 3.05) is 11.9 Å². The molecule has 0 spiro atoms. The van der Waals surface area contributed by atoms with Crippen LogP contribution in [0.5, 0.6) is 0 Å². The average Bonchev–Trinajstić information content (AvgIpc) is 3.35. The predicted octanol–water partition coefficient (Wildman–Crippen LogP) is 3.21. The van der Waals surface area contributed by atoms with E-state index in [1.54, 1.807) is 6.07 Å². The van der Waals surface area contributed by atoms with Gasteiger partial charge in [0, 0.05) is 5.69 Å². The SMILES string of the molecule is Cc1cccc(NC(=O)COC(=O)C2(c3ccccc3)CC2)c1. The Balaban J connectivity index is 1.56. The standard InChI is InChI=1S/C19H19NO3/c1-14-6-5-9-16(12-14)20-17(21)13-23-18(22)19(10-11-19)15-7-3-2-4-8-15/h2-9,12H,10-11,13H2,1H3,(H,20,21). The summed E-state index contributed by atoms with van der Waals surface area (Å²) in [6.07, 6.45) is 1.55. The van der Waals surface area contributed by atoms with Crippen molar-refractivity contribution in [1.29, 1.82) is 0 Å². The number of rotatable bonds is 5. The lowest BCUT2D eigenvalue weighted by Crippen LogP contribution is -2.28. The van der Waals surface area contributed by atoms with Gasteiger partial charge in [0.05, 0.1) is 5.41 Å². The molecular formula is C19H19NO3. The summed E-state index contributed by atoms with van der Waals surface area (Å²) in [4.78, 5) is 24.3. The van der Waals surface area contributed by atoms with Gasteiger partial charge in [-0.1, -0.05) is 42.5 Å². The first kappa shape index (κ1) is 15.3. The highest BCUT2D eigenvalue weighted by Crippen LogP contribution is 2.49. The number of aryl methyl sites for hydroxylation is 1. The van der Waals surface area contributed by atoms with E-state index in [4.69, 9.17) is 4.74 Å². The number of hydrogen-bond donors (Lipinski definition) is 1. The zero-order valence-electron chi connectivity index (χ0n) is 13.0. The zero-order valence-corrected chi connectivity index (χ0v) is 13.0. The molecule has 0 aromatic heterocycles. The maximum Gasteiger partial charge on any atom is 0.317 e. The van der Waals surface area contributed by atoms with Crippen molar-refractivity contribution in [3.8, 4) is 0 Å². The summed E-state index contributed by atoms with van der Waals surface area (Å²) >= 11 is 0. The molecule has 1 fully saturated rings. The van der Waals surface area contributed by atoms with Gasteiger partial charge in [-0.15, -0.1) is 0 Å². The topological polar surface area (TPSA) is 55.4 Å². The van der Waals surface area contributed by atoms with Gasteiger partial charge in [-0.3, -0.25) is 9.59 Å². The molecule has 0 bridgehead atoms. The minimum Gasteiger partial charge on any atom is -0.455 e. The predicted molar refractivity (Wildman–Crippen MR) is 88.1 cm³/mol. The van der Waals surface area contributed by atoms with E-state index in [0.717, 1.165) is 24.0 Å². The highest BCUT2D eigenvalue weighted by atomic mass is 16.5. The molecule has 0 saturated heterocycles. The molecule has 23 heavy (non-hydrogen) atoms. The van der Waals surface area contributed by atoms with Gasteiger partial charge in [0.1, 0.15) is 0 Å². The number of ether oxygens (including phenoxy) is 1. The third-order valence-corrected chi connectivity index (χ3v) is 4.10. The Hall–Kier alpha value is -2.62. The van der Waals surface area contributed by atoms with Gasteiger partial charge in [0.25, 0.3) is 5.91 Å². The molecule has 4 heteroatoms.